The van der Waals surface area contributed by atoms with Crippen LogP contribution in [0, 0.1) is 6.92 Å². The molecule has 10 nitrogen and oxygen atoms in total. The van der Waals surface area contributed by atoms with Crippen molar-refractivity contribution in [3.05, 3.63) is 138 Å². The van der Waals surface area contributed by atoms with Gasteiger partial charge in [-0.25, -0.2) is 9.59 Å². The zero-order valence-corrected chi connectivity index (χ0v) is 31.5. The van der Waals surface area contributed by atoms with Gasteiger partial charge >= 0.3 is 11.9 Å². The van der Waals surface area contributed by atoms with Crippen molar-refractivity contribution in [2.24, 2.45) is 4.99 Å². The Labute approximate surface area is 324 Å². The van der Waals surface area contributed by atoms with Crippen LogP contribution in [-0.4, -0.2) is 55.6 Å². The third-order valence-electron chi connectivity index (χ3n) is 7.62. The van der Waals surface area contributed by atoms with Crippen molar-refractivity contribution in [2.45, 2.75) is 37.5 Å². The van der Waals surface area contributed by atoms with Crippen LogP contribution in [0.25, 0.3) is 0 Å². The molecule has 0 fully saturated rings. The van der Waals surface area contributed by atoms with Crippen LogP contribution in [-0.2, 0) is 19.1 Å². The summed E-state index contributed by atoms with van der Waals surface area (Å²) in [7, 11) is 0. The van der Waals surface area contributed by atoms with Gasteiger partial charge < -0.3 is 24.3 Å². The predicted molar refractivity (Wildman–Crippen MR) is 213 cm³/mol. The van der Waals surface area contributed by atoms with Crippen LogP contribution in [0.2, 0.25) is 5.02 Å². The molecule has 0 aliphatic carbocycles. The van der Waals surface area contributed by atoms with Crippen molar-refractivity contribution < 1.29 is 38.1 Å². The maximum Gasteiger partial charge on any atom is 0.330 e. The summed E-state index contributed by atoms with van der Waals surface area (Å²) in [6.07, 6.45) is 6.72. The van der Waals surface area contributed by atoms with Crippen LogP contribution in [0.1, 0.15) is 57.5 Å². The Kier molecular flexibility index (Phi) is 16.6. The van der Waals surface area contributed by atoms with E-state index in [2.05, 4.69) is 23.5 Å². The van der Waals surface area contributed by atoms with Gasteiger partial charge in [0, 0.05) is 40.1 Å². The zero-order chi connectivity index (χ0) is 38.7. The van der Waals surface area contributed by atoms with Crippen molar-refractivity contribution >= 4 is 63.9 Å². The smallest absolute Gasteiger partial charge is 0.330 e. The number of thioether (sulfide) groups is 1. The highest BCUT2D eigenvalue weighted by Gasteiger charge is 2.12. The van der Waals surface area contributed by atoms with E-state index in [1.165, 1.54) is 0 Å². The summed E-state index contributed by atoms with van der Waals surface area (Å²) in [5, 5.41) is 3.21. The number of nitrogens with one attached hydrogen (secondary N) is 1. The molecule has 1 amide bonds. The molecule has 280 valence electrons. The summed E-state index contributed by atoms with van der Waals surface area (Å²) in [6, 6.07) is 24.6. The second kappa shape index (κ2) is 21.8. The largest absolute Gasteiger partial charge is 0.494 e. The third-order valence-corrected chi connectivity index (χ3v) is 9.04. The quantitative estimate of drug-likeness (QED) is 0.0307. The molecule has 0 spiro atoms. The van der Waals surface area contributed by atoms with E-state index in [1.807, 2.05) is 19.1 Å². The van der Waals surface area contributed by atoms with Gasteiger partial charge in [-0.1, -0.05) is 30.8 Å². The number of hydrogen-bond acceptors (Lipinski definition) is 10. The number of unbranched alkanes of at least 4 members (excludes halogenated alkanes) is 2. The molecule has 0 saturated heterocycles. The standard InChI is InChI=1S/C42H41ClN2O8S/c1-4-39(46)52-24-8-6-22-50-34-16-11-31(12-17-34)41(48)45-37-20-15-33(26-29(37)3)44-28-30-10-21-38(36(43)27-30)54-42(49)32-13-18-35(19-14-32)51-23-7-9-25-53-40(47)5-2/h4-5,10-21,26-28H,1-2,6-9,22-25H2,3H3,(H,45,48). The number of ether oxygens (including phenoxy) is 4. The first kappa shape index (κ1) is 41.1. The van der Waals surface area contributed by atoms with E-state index in [9.17, 15) is 19.2 Å². The predicted octanol–water partition coefficient (Wildman–Crippen LogP) is 9.36. The summed E-state index contributed by atoms with van der Waals surface area (Å²) in [6.45, 7) is 10.1. The number of carbonyl (C=O) groups excluding carboxylic acids is 4. The number of anilines is 1. The van der Waals surface area contributed by atoms with Gasteiger partial charge in [-0.15, -0.1) is 0 Å². The van der Waals surface area contributed by atoms with Gasteiger partial charge in [0.05, 0.1) is 37.1 Å². The second-order valence-corrected chi connectivity index (χ2v) is 13.1. The maximum absolute atomic E-state index is 12.9. The zero-order valence-electron chi connectivity index (χ0n) is 29.9. The minimum Gasteiger partial charge on any atom is -0.494 e. The minimum atomic E-state index is -0.441. The molecule has 0 aliphatic heterocycles. The molecule has 12 heteroatoms. The molecule has 4 aromatic carbocycles. The molecular weight excluding hydrogens is 728 g/mol. The summed E-state index contributed by atoms with van der Waals surface area (Å²) in [4.78, 5) is 53.2. The monoisotopic (exact) mass is 768 g/mol. The van der Waals surface area contributed by atoms with Gasteiger partial charge in [0.2, 0.25) is 5.12 Å². The fourth-order valence-corrected chi connectivity index (χ4v) is 5.74. The highest BCUT2D eigenvalue weighted by molar-refractivity contribution is 8.14. The van der Waals surface area contributed by atoms with Gasteiger partial charge in [0.25, 0.3) is 5.91 Å². The average Bonchev–Trinajstić information content (AvgIpc) is 3.18. The Morgan fingerprint density at radius 1 is 0.722 bits per heavy atom. The van der Waals surface area contributed by atoms with Gasteiger partial charge in [-0.05, 0) is 134 Å². The molecule has 4 rings (SSSR count). The van der Waals surface area contributed by atoms with Crippen LogP contribution in [0.15, 0.2) is 120 Å². The Morgan fingerprint density at radius 3 is 1.81 bits per heavy atom. The van der Waals surface area contributed by atoms with Crippen LogP contribution >= 0.6 is 23.4 Å². The lowest BCUT2D eigenvalue weighted by molar-refractivity contribution is -0.138. The lowest BCUT2D eigenvalue weighted by Gasteiger charge is -2.10. The van der Waals surface area contributed by atoms with Crippen LogP contribution < -0.4 is 14.8 Å². The second-order valence-electron chi connectivity index (χ2n) is 11.7. The van der Waals surface area contributed by atoms with E-state index >= 15 is 0 Å². The van der Waals surface area contributed by atoms with E-state index in [1.54, 1.807) is 79.0 Å². The molecule has 0 atom stereocenters. The molecule has 0 saturated carbocycles. The number of rotatable bonds is 20. The van der Waals surface area contributed by atoms with Crippen molar-refractivity contribution in [3.8, 4) is 11.5 Å². The van der Waals surface area contributed by atoms with E-state index in [0.29, 0.717) is 96.0 Å². The average molecular weight is 769 g/mol. The molecule has 0 aromatic heterocycles. The van der Waals surface area contributed by atoms with Crippen molar-refractivity contribution in [1.29, 1.82) is 0 Å². The molecule has 0 heterocycles. The number of carbonyl (C=O) groups is 4. The first-order valence-electron chi connectivity index (χ1n) is 17.2. The number of aliphatic imine (C=N–C) groups is 1. The summed E-state index contributed by atoms with van der Waals surface area (Å²) in [5.41, 5.74) is 3.94. The Morgan fingerprint density at radius 2 is 1.28 bits per heavy atom. The lowest BCUT2D eigenvalue weighted by Crippen LogP contribution is -2.12. The molecule has 4 aromatic rings. The fourth-order valence-electron chi connectivity index (χ4n) is 4.69. The highest BCUT2D eigenvalue weighted by Crippen LogP contribution is 2.31. The van der Waals surface area contributed by atoms with E-state index in [-0.39, 0.29) is 11.0 Å². The van der Waals surface area contributed by atoms with E-state index in [0.717, 1.165) is 35.0 Å². The molecular formula is C42H41ClN2O8S. The van der Waals surface area contributed by atoms with Gasteiger partial charge in [0.15, 0.2) is 0 Å². The summed E-state index contributed by atoms with van der Waals surface area (Å²) >= 11 is 7.58. The van der Waals surface area contributed by atoms with Crippen LogP contribution in [0.3, 0.4) is 0 Å². The summed E-state index contributed by atoms with van der Waals surface area (Å²) < 4.78 is 21.3. The van der Waals surface area contributed by atoms with Gasteiger partial charge in [-0.2, -0.15) is 0 Å². The number of nitrogens with zero attached hydrogens (tertiary/aromatic N) is 1. The Balaban J connectivity index is 1.22. The number of amides is 1. The van der Waals surface area contributed by atoms with Crippen LogP contribution in [0.4, 0.5) is 11.4 Å². The molecule has 0 unspecified atom stereocenters. The lowest BCUT2D eigenvalue weighted by atomic mass is 10.1. The number of aryl methyl sites for hydroxylation is 1. The highest BCUT2D eigenvalue weighted by atomic mass is 35.5. The minimum absolute atomic E-state index is 0.156. The van der Waals surface area contributed by atoms with Gasteiger partial charge in [-0.3, -0.25) is 14.6 Å². The fraction of sp³-hybridized carbons (Fsp3) is 0.214. The van der Waals surface area contributed by atoms with Crippen molar-refractivity contribution in [3.63, 3.8) is 0 Å². The normalized spacial score (nSPS) is 10.7. The Hall–Kier alpha value is -5.65. The third kappa shape index (κ3) is 13.7. The maximum atomic E-state index is 12.9. The molecule has 0 bridgehead atoms. The molecule has 1 N–H and O–H groups in total. The summed E-state index contributed by atoms with van der Waals surface area (Å²) in [5.74, 6) is 0.143. The van der Waals surface area contributed by atoms with Gasteiger partial charge in [0.1, 0.15) is 11.5 Å². The number of halogens is 1. The number of esters is 2. The molecule has 0 radical (unpaired) electrons. The van der Waals surface area contributed by atoms with Crippen molar-refractivity contribution in [2.75, 3.05) is 31.7 Å². The first-order chi connectivity index (χ1) is 26.1. The topological polar surface area (TPSA) is 130 Å². The Bertz CT molecular complexity index is 1820. The number of benzene rings is 4. The first-order valence-corrected chi connectivity index (χ1v) is 18.4. The van der Waals surface area contributed by atoms with Crippen molar-refractivity contribution in [1.82, 2.24) is 0 Å². The van der Waals surface area contributed by atoms with E-state index < -0.39 is 11.9 Å². The van der Waals surface area contributed by atoms with Crippen LogP contribution in [0.5, 0.6) is 11.5 Å². The molecule has 54 heavy (non-hydrogen) atoms. The van der Waals surface area contributed by atoms with E-state index in [4.69, 9.17) is 30.5 Å². The molecule has 0 aliphatic rings. The number of hydrogen-bond donors (Lipinski definition) is 1. The SMILES string of the molecule is C=CC(=O)OCCCCOc1ccc(C(=O)Nc2ccc(N=Cc3ccc(SC(=O)c4ccc(OCCCCOC(=O)C=C)cc4)c(Cl)c3)cc2C)cc1.